The van der Waals surface area contributed by atoms with Crippen LogP contribution in [0.25, 0.3) is 0 Å². The first-order chi connectivity index (χ1) is 2.41. The molecule has 0 rings (SSSR count). The zero-order chi connectivity index (χ0) is 4.71. The number of alkyl halides is 1. The minimum atomic E-state index is 0.500. The maximum Gasteiger partial charge on any atom is 0.0228 e. The zero-order valence-electron chi connectivity index (χ0n) is 4.09. The van der Waals surface area contributed by atoms with Gasteiger partial charge in [-0.3, -0.25) is 0 Å². The van der Waals surface area contributed by atoms with Gasteiger partial charge in [0.15, 0.2) is 0 Å². The van der Waals surface area contributed by atoms with Gasteiger partial charge in [0.1, 0.15) is 0 Å². The third-order valence-electron chi connectivity index (χ3n) is 0. The van der Waals surface area contributed by atoms with Crippen LogP contribution in [0, 0.1) is 0 Å². The van der Waals surface area contributed by atoms with E-state index in [0.717, 1.165) is 0 Å². The molecule has 0 unspecified atom stereocenters. The van der Waals surface area contributed by atoms with E-state index in [9.17, 15) is 0 Å². The van der Waals surface area contributed by atoms with Gasteiger partial charge in [-0.25, -0.2) is 0 Å². The number of rotatable bonds is 0. The Morgan fingerprint density at radius 3 is 1.75 bits per heavy atom. The van der Waals surface area contributed by atoms with E-state index in [1.54, 1.807) is 6.92 Å². The van der Waals surface area contributed by atoms with Crippen LogP contribution >= 0.6 is 22.6 Å². The lowest BCUT2D eigenvalue weighted by Gasteiger charge is -1.07. The van der Waals surface area contributed by atoms with Gasteiger partial charge < -0.3 is 0 Å². The molecule has 1 heteroatoms. The lowest BCUT2D eigenvalue weighted by molar-refractivity contribution is 1.50. The second-order valence-electron chi connectivity index (χ2n) is 0. The lowest BCUT2D eigenvalue weighted by Crippen LogP contribution is -0.856. The molecule has 4 heavy (non-hydrogen) atoms. The van der Waals surface area contributed by atoms with Crippen LogP contribution in [0.3, 0.4) is 0 Å². The van der Waals surface area contributed by atoms with Crippen LogP contribution in [0.15, 0.2) is 0 Å². The molecule has 0 nitrogen and oxygen atoms in total. The summed E-state index contributed by atoms with van der Waals surface area (Å²) in [6.07, 6.45) is 0. The molecule has 0 heterocycles. The van der Waals surface area contributed by atoms with Gasteiger partial charge in [0.25, 0.3) is 0 Å². The van der Waals surface area contributed by atoms with E-state index in [0.29, 0.717) is 6.90 Å². The minimum absolute atomic E-state index is 0.500. The summed E-state index contributed by atoms with van der Waals surface area (Å²) < 4.78 is 6.21. The first kappa shape index (κ1) is 4.73. The minimum Gasteiger partial charge on any atom is -0.0901 e. The first-order valence-electron chi connectivity index (χ1n) is 1.79. The Labute approximate surface area is 43.1 Å². The second-order valence-corrected chi connectivity index (χ2v) is 0. The van der Waals surface area contributed by atoms with Gasteiger partial charge in [0.2, 0.25) is 0 Å². The molecule has 0 spiro atoms. The van der Waals surface area contributed by atoms with Crippen LogP contribution in [0.2, 0.25) is 0 Å². The third kappa shape index (κ3) is 15.3. The van der Waals surface area contributed by atoms with Crippen molar-refractivity contribution in [1.82, 2.24) is 0 Å². The average molecular weight is 173 g/mol. The van der Waals surface area contributed by atoms with Crippen molar-refractivity contribution in [2.75, 3.05) is 4.93 Å². The van der Waals surface area contributed by atoms with Gasteiger partial charge in [-0.15, -0.1) is 0 Å². The van der Waals surface area contributed by atoms with Crippen LogP contribution in [0.5, 0.6) is 0 Å². The highest BCUT2D eigenvalue weighted by Gasteiger charge is 0.950. The SMILES string of the molecule is CI.[2H]CC. The molecule has 0 aliphatic rings. The van der Waals surface area contributed by atoms with Gasteiger partial charge in [-0.1, -0.05) is 36.4 Å². The molecule has 0 radical (unpaired) electrons. The fraction of sp³-hybridized carbons (Fsp3) is 1.00. The topological polar surface area (TPSA) is 0 Å². The monoisotopic (exact) mass is 173 g/mol. The predicted molar refractivity (Wildman–Crippen MR) is 31.3 cm³/mol. The van der Waals surface area contributed by atoms with Crippen molar-refractivity contribution in [3.05, 3.63) is 0 Å². The Hall–Kier alpha value is 0.730. The van der Waals surface area contributed by atoms with Gasteiger partial charge >= 0.3 is 0 Å². The summed E-state index contributed by atoms with van der Waals surface area (Å²) in [4.78, 5) is 1.97. The highest BCUT2D eigenvalue weighted by molar-refractivity contribution is 14.1. The van der Waals surface area contributed by atoms with E-state index in [-0.39, 0.29) is 0 Å². The van der Waals surface area contributed by atoms with Gasteiger partial charge in [0, 0.05) is 1.37 Å². The third-order valence-corrected chi connectivity index (χ3v) is 0. The molecule has 0 aromatic rings. The normalized spacial score (nSPS) is 6.25. The van der Waals surface area contributed by atoms with E-state index in [1.807, 2.05) is 4.93 Å². The molecule has 0 fully saturated rings. The van der Waals surface area contributed by atoms with E-state index in [1.165, 1.54) is 0 Å². The Bertz CT molecular complexity index is 6.85. The van der Waals surface area contributed by atoms with Gasteiger partial charge in [-0.05, 0) is 4.93 Å². The van der Waals surface area contributed by atoms with E-state index >= 15 is 0 Å². The lowest BCUT2D eigenvalue weighted by atomic mass is 11.0. The standard InChI is InChI=1S/C2H6.CH3I/c2*1-2/h1-2H3;1H3/i1D;. The molecule has 0 bridgehead atoms. The Morgan fingerprint density at radius 1 is 1.75 bits per heavy atom. The number of halogens is 1. The Kier molecular flexibility index (Phi) is 61.7. The van der Waals surface area contributed by atoms with E-state index < -0.39 is 0 Å². The molecule has 28 valence electrons. The molecule has 0 aliphatic heterocycles. The predicted octanol–water partition coefficient (Wildman–Crippen LogP) is 2.08. The van der Waals surface area contributed by atoms with Crippen molar-refractivity contribution in [3.8, 4) is 0 Å². The number of hydrogen-bond donors (Lipinski definition) is 0. The smallest absolute Gasteiger partial charge is 0.0228 e. The fourth-order valence-electron chi connectivity index (χ4n) is 0. The van der Waals surface area contributed by atoms with Crippen LogP contribution in [-0.2, 0) is 0 Å². The van der Waals surface area contributed by atoms with Crippen molar-refractivity contribution >= 4 is 22.6 Å². The molecule has 0 aromatic carbocycles. The van der Waals surface area contributed by atoms with Crippen LogP contribution in [0.1, 0.15) is 15.2 Å². The fourth-order valence-corrected chi connectivity index (χ4v) is 0. The number of hydrogen-bond acceptors (Lipinski definition) is 0. The van der Waals surface area contributed by atoms with Crippen molar-refractivity contribution in [1.29, 1.82) is 0 Å². The highest BCUT2D eigenvalue weighted by atomic mass is 127. The largest absolute Gasteiger partial charge is 0.0901 e. The zero-order valence-corrected chi connectivity index (χ0v) is 5.24. The molecule has 0 N–H and O–H groups in total. The quantitative estimate of drug-likeness (QED) is 0.388. The molecule has 0 aliphatic carbocycles. The van der Waals surface area contributed by atoms with Crippen molar-refractivity contribution < 1.29 is 1.37 Å². The average Bonchev–Trinajstić information content (AvgIpc) is 1.46. The van der Waals surface area contributed by atoms with Crippen LogP contribution in [-0.4, -0.2) is 4.93 Å². The molecular weight excluding hydrogens is 163 g/mol. The van der Waals surface area contributed by atoms with Crippen molar-refractivity contribution in [3.63, 3.8) is 0 Å². The highest BCUT2D eigenvalue weighted by Crippen LogP contribution is 1.48. The molecule has 0 atom stereocenters. The maximum absolute atomic E-state index is 6.21. The Balaban J connectivity index is 0. The molecular formula is C3H9I. The first-order valence-corrected chi connectivity index (χ1v) is 3.24. The summed E-state index contributed by atoms with van der Waals surface area (Å²) >= 11 is 2.15. The molecule has 0 saturated carbocycles. The second kappa shape index (κ2) is 52.2. The summed E-state index contributed by atoms with van der Waals surface area (Å²) in [5.74, 6) is 0. The summed E-state index contributed by atoms with van der Waals surface area (Å²) in [7, 11) is 0. The molecule has 0 aromatic heterocycles. The summed E-state index contributed by atoms with van der Waals surface area (Å²) in [6.45, 7) is 2.29. The van der Waals surface area contributed by atoms with E-state index in [4.69, 9.17) is 1.37 Å². The Morgan fingerprint density at radius 2 is 1.75 bits per heavy atom. The summed E-state index contributed by atoms with van der Waals surface area (Å²) in [5, 5.41) is 0. The van der Waals surface area contributed by atoms with Crippen LogP contribution < -0.4 is 0 Å². The maximum atomic E-state index is 6.21. The summed E-state index contributed by atoms with van der Waals surface area (Å²) in [5.41, 5.74) is 0. The van der Waals surface area contributed by atoms with Crippen molar-refractivity contribution in [2.45, 2.75) is 13.8 Å². The van der Waals surface area contributed by atoms with Gasteiger partial charge in [-0.2, -0.15) is 0 Å². The van der Waals surface area contributed by atoms with Gasteiger partial charge in [0.05, 0.1) is 0 Å². The van der Waals surface area contributed by atoms with E-state index in [2.05, 4.69) is 22.6 Å². The van der Waals surface area contributed by atoms with Crippen molar-refractivity contribution in [2.24, 2.45) is 0 Å². The van der Waals surface area contributed by atoms with Crippen LogP contribution in [0.4, 0.5) is 0 Å². The summed E-state index contributed by atoms with van der Waals surface area (Å²) in [6, 6.07) is 0. The molecule has 0 saturated heterocycles. The molecule has 0 amide bonds.